The molecule has 0 aromatic heterocycles. The van der Waals surface area contributed by atoms with Crippen molar-refractivity contribution >= 4 is 25.1 Å². The maximum absolute atomic E-state index is 9.69. The molecule has 4 N–H and O–H groups in total. The molecule has 0 rings (SSSR count). The molecule has 0 aliphatic rings. The van der Waals surface area contributed by atoms with Gasteiger partial charge in [0.2, 0.25) is 18.8 Å². The van der Waals surface area contributed by atoms with E-state index in [9.17, 15) is 9.59 Å². The number of rotatable bonds is 4. The molecule has 0 bridgehead atoms. The Balaban J connectivity index is 3.43. The summed E-state index contributed by atoms with van der Waals surface area (Å²) in [7, 11) is 0. The lowest BCUT2D eigenvalue weighted by Crippen LogP contribution is -2.32. The molecule has 7 nitrogen and oxygen atoms in total. The molecule has 0 aromatic rings. The largest absolute Gasteiger partial charge is 0.318 e. The maximum Gasteiger partial charge on any atom is 0.215 e. The van der Waals surface area contributed by atoms with Crippen molar-refractivity contribution in [1.82, 2.24) is 16.1 Å². The van der Waals surface area contributed by atoms with E-state index >= 15 is 0 Å². The van der Waals surface area contributed by atoms with Crippen molar-refractivity contribution in [2.45, 2.75) is 0 Å². The molecule has 0 unspecified atom stereocenters. The molecule has 0 heterocycles. The summed E-state index contributed by atoms with van der Waals surface area (Å²) in [6.07, 6.45) is 1.79. The molecule has 0 atom stereocenters. The molecule has 2 amide bonds. The third kappa shape index (κ3) is 5.96. The molecule has 0 saturated heterocycles. The first-order chi connectivity index (χ1) is 5.31. The van der Waals surface area contributed by atoms with Gasteiger partial charge in [-0.05, 0) is 0 Å². The predicted octanol–water partition coefficient (Wildman–Crippen LogP) is -2.05. The van der Waals surface area contributed by atoms with Gasteiger partial charge in [-0.2, -0.15) is 5.10 Å². The minimum Gasteiger partial charge on any atom is -0.318 e. The van der Waals surface area contributed by atoms with Crippen LogP contribution < -0.4 is 16.1 Å². The van der Waals surface area contributed by atoms with Crippen molar-refractivity contribution in [3.05, 3.63) is 0 Å². The van der Waals surface area contributed by atoms with Crippen LogP contribution in [0.1, 0.15) is 0 Å². The maximum atomic E-state index is 9.69. The Labute approximate surface area is 62.4 Å². The molecular formula is C4H7N5O2. The van der Waals surface area contributed by atoms with Gasteiger partial charge in [-0.15, -0.1) is 0 Å². The van der Waals surface area contributed by atoms with Crippen LogP contribution in [0.15, 0.2) is 5.10 Å². The van der Waals surface area contributed by atoms with E-state index in [-0.39, 0.29) is 5.96 Å². The first-order valence-electron chi connectivity index (χ1n) is 2.57. The van der Waals surface area contributed by atoms with Gasteiger partial charge in [0.25, 0.3) is 0 Å². The van der Waals surface area contributed by atoms with Gasteiger partial charge in [0.1, 0.15) is 6.34 Å². The second kappa shape index (κ2) is 6.20. The van der Waals surface area contributed by atoms with Crippen molar-refractivity contribution in [2.75, 3.05) is 0 Å². The van der Waals surface area contributed by atoms with Crippen LogP contribution in [0.4, 0.5) is 0 Å². The van der Waals surface area contributed by atoms with Crippen LogP contribution in [0.2, 0.25) is 0 Å². The molecule has 0 fully saturated rings. The zero-order valence-corrected chi connectivity index (χ0v) is 5.50. The highest BCUT2D eigenvalue weighted by atomic mass is 16.1. The lowest BCUT2D eigenvalue weighted by atomic mass is 11.0. The molecule has 0 spiro atoms. The number of nitrogens with one attached hydrogen (secondary N) is 4. The van der Waals surface area contributed by atoms with Crippen LogP contribution in [0, 0.1) is 5.41 Å². The first-order valence-corrected chi connectivity index (χ1v) is 2.57. The Morgan fingerprint density at radius 2 is 2.09 bits per heavy atom. The Bertz CT molecular complexity index is 177. The molecule has 7 heteroatoms. The lowest BCUT2D eigenvalue weighted by molar-refractivity contribution is -0.109. The fourth-order valence-corrected chi connectivity index (χ4v) is 0.256. The second-order valence-corrected chi connectivity index (χ2v) is 1.29. The summed E-state index contributed by atoms with van der Waals surface area (Å²) in [6, 6.07) is 0. The SMILES string of the molecule is N=C(NC=O)N/N=C/NC=O. The summed E-state index contributed by atoms with van der Waals surface area (Å²) in [5, 5.41) is 14.2. The van der Waals surface area contributed by atoms with Crippen LogP contribution in [0.25, 0.3) is 0 Å². The van der Waals surface area contributed by atoms with Gasteiger partial charge in [0.05, 0.1) is 0 Å². The molecule has 11 heavy (non-hydrogen) atoms. The summed E-state index contributed by atoms with van der Waals surface area (Å²) in [4.78, 5) is 19.3. The summed E-state index contributed by atoms with van der Waals surface area (Å²) in [6.45, 7) is 0. The Morgan fingerprint density at radius 3 is 2.64 bits per heavy atom. The van der Waals surface area contributed by atoms with Crippen molar-refractivity contribution < 1.29 is 9.59 Å². The van der Waals surface area contributed by atoms with E-state index in [4.69, 9.17) is 5.41 Å². The highest BCUT2D eigenvalue weighted by Gasteiger charge is 1.85. The van der Waals surface area contributed by atoms with E-state index in [1.54, 1.807) is 0 Å². The smallest absolute Gasteiger partial charge is 0.215 e. The van der Waals surface area contributed by atoms with Gasteiger partial charge >= 0.3 is 0 Å². The van der Waals surface area contributed by atoms with Gasteiger partial charge in [0.15, 0.2) is 0 Å². The number of hydrazone groups is 1. The van der Waals surface area contributed by atoms with Crippen LogP contribution in [-0.4, -0.2) is 25.1 Å². The van der Waals surface area contributed by atoms with Crippen molar-refractivity contribution in [3.8, 4) is 0 Å². The Kier molecular flexibility index (Phi) is 5.12. The summed E-state index contributed by atoms with van der Waals surface area (Å²) in [5.41, 5.74) is 2.11. The quantitative estimate of drug-likeness (QED) is 0.163. The van der Waals surface area contributed by atoms with Gasteiger partial charge in [0, 0.05) is 0 Å². The van der Waals surface area contributed by atoms with Gasteiger partial charge in [-0.1, -0.05) is 0 Å². The molecule has 0 aromatic carbocycles. The molecule has 0 saturated carbocycles. The topological polar surface area (TPSA) is 106 Å². The fourth-order valence-electron chi connectivity index (χ4n) is 0.256. The zero-order chi connectivity index (χ0) is 8.53. The van der Waals surface area contributed by atoms with Crippen molar-refractivity contribution in [1.29, 1.82) is 5.41 Å². The van der Waals surface area contributed by atoms with Gasteiger partial charge in [-0.25, -0.2) is 5.43 Å². The zero-order valence-electron chi connectivity index (χ0n) is 5.50. The van der Waals surface area contributed by atoms with Crippen LogP contribution in [0.3, 0.4) is 0 Å². The molecular weight excluding hydrogens is 150 g/mol. The second-order valence-electron chi connectivity index (χ2n) is 1.29. The normalized spacial score (nSPS) is 8.73. The van der Waals surface area contributed by atoms with Crippen LogP contribution in [0.5, 0.6) is 0 Å². The molecule has 60 valence electrons. The number of guanidine groups is 1. The average Bonchev–Trinajstić information content (AvgIpc) is 1.99. The van der Waals surface area contributed by atoms with Crippen LogP contribution in [-0.2, 0) is 9.59 Å². The summed E-state index contributed by atoms with van der Waals surface area (Å²) >= 11 is 0. The molecule has 0 radical (unpaired) electrons. The third-order valence-electron chi connectivity index (χ3n) is 0.587. The van der Waals surface area contributed by atoms with E-state index < -0.39 is 0 Å². The predicted molar refractivity (Wildman–Crippen MR) is 37.8 cm³/mol. The van der Waals surface area contributed by atoms with Gasteiger partial charge in [-0.3, -0.25) is 20.3 Å². The van der Waals surface area contributed by atoms with Crippen molar-refractivity contribution in [2.24, 2.45) is 5.10 Å². The minimum absolute atomic E-state index is 0.274. The van der Waals surface area contributed by atoms with E-state index in [1.807, 2.05) is 5.32 Å². The van der Waals surface area contributed by atoms with E-state index in [0.29, 0.717) is 12.8 Å². The highest BCUT2D eigenvalue weighted by molar-refractivity contribution is 5.86. The van der Waals surface area contributed by atoms with Crippen LogP contribution >= 0.6 is 0 Å². The highest BCUT2D eigenvalue weighted by Crippen LogP contribution is 1.55. The monoisotopic (exact) mass is 157 g/mol. The van der Waals surface area contributed by atoms with E-state index in [0.717, 1.165) is 6.34 Å². The molecule has 0 aliphatic heterocycles. The third-order valence-corrected chi connectivity index (χ3v) is 0.587. The standard InChI is InChI=1S/C4H7N5O2/c5-4(7-3-11)9-8-1-6-2-10/h1-3H,(H,6,8,10)(H3,5,7,9,11). The number of nitrogens with zero attached hydrogens (tertiary/aromatic N) is 1. The Hall–Kier alpha value is -1.92. The summed E-state index contributed by atoms with van der Waals surface area (Å²) in [5.74, 6) is -0.274. The Morgan fingerprint density at radius 1 is 1.36 bits per heavy atom. The minimum atomic E-state index is -0.274. The number of hydrogen-bond acceptors (Lipinski definition) is 4. The average molecular weight is 157 g/mol. The van der Waals surface area contributed by atoms with Gasteiger partial charge < -0.3 is 5.32 Å². The number of carbonyl (C=O) groups excluding carboxylic acids is 2. The summed E-state index contributed by atoms with van der Waals surface area (Å²) < 4.78 is 0. The number of hydrogen-bond donors (Lipinski definition) is 4. The number of amides is 2. The number of carbonyl (C=O) groups is 2. The van der Waals surface area contributed by atoms with E-state index in [1.165, 1.54) is 0 Å². The van der Waals surface area contributed by atoms with Crippen molar-refractivity contribution in [3.63, 3.8) is 0 Å². The first kappa shape index (κ1) is 9.08. The van der Waals surface area contributed by atoms with E-state index in [2.05, 4.69) is 15.8 Å². The lowest BCUT2D eigenvalue weighted by Gasteiger charge is -1.96. The molecule has 0 aliphatic carbocycles. The fraction of sp³-hybridized carbons (Fsp3) is 0.